The molecule has 1 aromatic carbocycles. The first-order valence-electron chi connectivity index (χ1n) is 6.62. The van der Waals surface area contributed by atoms with Gasteiger partial charge in [0.2, 0.25) is 6.10 Å². The molecule has 8 heteroatoms. The van der Waals surface area contributed by atoms with Crippen LogP contribution in [-0.4, -0.2) is 23.8 Å². The highest BCUT2D eigenvalue weighted by Crippen LogP contribution is 2.41. The number of esters is 1. The fraction of sp³-hybridized carbons (Fsp3) is 0.400. The number of alkyl halides is 4. The average molecular weight is 369 g/mol. The highest BCUT2D eigenvalue weighted by Gasteiger charge is 2.49. The largest absolute Gasteiger partial charge is 0.475 e. The number of hydrogen-bond donors (Lipinski definition) is 0. The van der Waals surface area contributed by atoms with Crippen molar-refractivity contribution in [2.75, 3.05) is 0 Å². The van der Waals surface area contributed by atoms with E-state index in [1.807, 2.05) is 0 Å². The summed E-state index contributed by atoms with van der Waals surface area (Å²) in [6.45, 7) is 4.62. The summed E-state index contributed by atoms with van der Waals surface area (Å²) in [7, 11) is 0. The maximum absolute atomic E-state index is 13.2. The first-order chi connectivity index (χ1) is 10.5. The molecule has 0 saturated carbocycles. The lowest BCUT2D eigenvalue weighted by atomic mass is 9.96. The molecule has 1 aromatic rings. The van der Waals surface area contributed by atoms with E-state index in [1.165, 1.54) is 13.0 Å². The van der Waals surface area contributed by atoms with Crippen LogP contribution in [0.5, 0.6) is 5.75 Å². The summed E-state index contributed by atoms with van der Waals surface area (Å²) < 4.78 is 49.4. The van der Waals surface area contributed by atoms with Crippen molar-refractivity contribution in [3.8, 4) is 5.75 Å². The molecule has 126 valence electrons. The van der Waals surface area contributed by atoms with Gasteiger partial charge in [0, 0.05) is 10.6 Å². The predicted octanol–water partition coefficient (Wildman–Crippen LogP) is 4.79. The van der Waals surface area contributed by atoms with E-state index in [-0.39, 0.29) is 5.75 Å². The molecule has 2 rings (SSSR count). The number of benzene rings is 1. The standard InChI is InChI=1S/C15H13Cl2F3O3/c1-6-4-11-9(7(2)12(6)17)5-10(14(21)22-8(3)16)13(23-11)15(18,19)20/h4-5,8,13H,1-3H3. The summed E-state index contributed by atoms with van der Waals surface area (Å²) >= 11 is 11.6. The van der Waals surface area contributed by atoms with Crippen molar-refractivity contribution in [2.45, 2.75) is 38.6 Å². The van der Waals surface area contributed by atoms with Crippen molar-refractivity contribution in [3.05, 3.63) is 33.4 Å². The summed E-state index contributed by atoms with van der Waals surface area (Å²) in [6.07, 6.45) is -6.10. The lowest BCUT2D eigenvalue weighted by Gasteiger charge is -2.29. The Bertz CT molecular complexity index is 682. The monoisotopic (exact) mass is 368 g/mol. The molecule has 23 heavy (non-hydrogen) atoms. The summed E-state index contributed by atoms with van der Waals surface area (Å²) in [5, 5.41) is 0.396. The van der Waals surface area contributed by atoms with Gasteiger partial charge in [-0.05, 0) is 44.0 Å². The zero-order chi connectivity index (χ0) is 17.5. The number of fused-ring (bicyclic) bond motifs is 1. The zero-order valence-electron chi connectivity index (χ0n) is 12.4. The van der Waals surface area contributed by atoms with Gasteiger partial charge < -0.3 is 9.47 Å². The highest BCUT2D eigenvalue weighted by atomic mass is 35.5. The molecule has 0 aliphatic carbocycles. The molecule has 0 bridgehead atoms. The molecule has 2 atom stereocenters. The molecule has 0 fully saturated rings. The van der Waals surface area contributed by atoms with Gasteiger partial charge in [-0.25, -0.2) is 4.79 Å². The second-order valence-electron chi connectivity index (χ2n) is 5.13. The van der Waals surface area contributed by atoms with E-state index in [0.29, 0.717) is 21.7 Å². The molecule has 1 aliphatic heterocycles. The number of carbonyl (C=O) groups is 1. The first-order valence-corrected chi connectivity index (χ1v) is 7.43. The van der Waals surface area contributed by atoms with Gasteiger partial charge in [0.05, 0.1) is 5.57 Å². The van der Waals surface area contributed by atoms with Crippen LogP contribution in [0.15, 0.2) is 11.6 Å². The molecular formula is C15H13Cl2F3O3. The van der Waals surface area contributed by atoms with Crippen molar-refractivity contribution in [1.29, 1.82) is 0 Å². The van der Waals surface area contributed by atoms with Crippen LogP contribution in [0.2, 0.25) is 5.02 Å². The minimum Gasteiger partial charge on any atom is -0.475 e. The highest BCUT2D eigenvalue weighted by molar-refractivity contribution is 6.32. The van der Waals surface area contributed by atoms with E-state index < -0.39 is 29.4 Å². The van der Waals surface area contributed by atoms with Crippen LogP contribution in [0.3, 0.4) is 0 Å². The number of ether oxygens (including phenoxy) is 2. The van der Waals surface area contributed by atoms with Gasteiger partial charge in [-0.3, -0.25) is 0 Å². The maximum atomic E-state index is 13.2. The van der Waals surface area contributed by atoms with Crippen LogP contribution in [0.4, 0.5) is 13.2 Å². The van der Waals surface area contributed by atoms with Crippen molar-refractivity contribution in [1.82, 2.24) is 0 Å². The summed E-state index contributed by atoms with van der Waals surface area (Å²) in [5.41, 5.74) is -0.318. The molecule has 0 N–H and O–H groups in total. The maximum Gasteiger partial charge on any atom is 0.430 e. The van der Waals surface area contributed by atoms with E-state index in [1.54, 1.807) is 13.8 Å². The summed E-state index contributed by atoms with van der Waals surface area (Å²) in [5.74, 6) is -1.17. The number of aryl methyl sites for hydroxylation is 1. The van der Waals surface area contributed by atoms with E-state index in [2.05, 4.69) is 4.74 Å². The molecule has 0 aromatic heterocycles. The molecule has 1 aliphatic rings. The van der Waals surface area contributed by atoms with Gasteiger partial charge in [0.1, 0.15) is 5.75 Å². The van der Waals surface area contributed by atoms with Gasteiger partial charge in [-0.1, -0.05) is 23.2 Å². The average Bonchev–Trinajstić information content (AvgIpc) is 2.42. The van der Waals surface area contributed by atoms with Crippen molar-refractivity contribution < 1.29 is 27.4 Å². The Hall–Kier alpha value is -1.40. The first kappa shape index (κ1) is 17.9. The van der Waals surface area contributed by atoms with Crippen LogP contribution >= 0.6 is 23.2 Å². The summed E-state index contributed by atoms with van der Waals surface area (Å²) in [6, 6.07) is 1.41. The quantitative estimate of drug-likeness (QED) is 0.555. The van der Waals surface area contributed by atoms with E-state index >= 15 is 0 Å². The molecule has 0 spiro atoms. The minimum atomic E-state index is -4.78. The predicted molar refractivity (Wildman–Crippen MR) is 80.8 cm³/mol. The lowest BCUT2D eigenvalue weighted by Crippen LogP contribution is -2.41. The molecule has 2 unspecified atom stereocenters. The van der Waals surface area contributed by atoms with Gasteiger partial charge in [0.25, 0.3) is 0 Å². The van der Waals surface area contributed by atoms with E-state index in [4.69, 9.17) is 27.9 Å². The number of rotatable bonds is 2. The molecule has 0 saturated heterocycles. The third-order valence-corrected chi connectivity index (χ3v) is 3.99. The lowest BCUT2D eigenvalue weighted by molar-refractivity contribution is -0.188. The molecule has 3 nitrogen and oxygen atoms in total. The van der Waals surface area contributed by atoms with Crippen LogP contribution in [0.25, 0.3) is 6.08 Å². The van der Waals surface area contributed by atoms with Crippen LogP contribution < -0.4 is 4.74 Å². The van der Waals surface area contributed by atoms with Gasteiger partial charge in [-0.15, -0.1) is 0 Å². The van der Waals surface area contributed by atoms with Gasteiger partial charge >= 0.3 is 12.1 Å². The van der Waals surface area contributed by atoms with Crippen molar-refractivity contribution in [2.24, 2.45) is 0 Å². The van der Waals surface area contributed by atoms with Crippen LogP contribution in [-0.2, 0) is 9.53 Å². The number of hydrogen-bond acceptors (Lipinski definition) is 3. The Morgan fingerprint density at radius 1 is 1.39 bits per heavy atom. The Morgan fingerprint density at radius 2 is 2.00 bits per heavy atom. The van der Waals surface area contributed by atoms with Crippen LogP contribution in [0.1, 0.15) is 23.6 Å². The van der Waals surface area contributed by atoms with Crippen LogP contribution in [0, 0.1) is 13.8 Å². The topological polar surface area (TPSA) is 35.5 Å². The SMILES string of the molecule is Cc1cc2c(c(C)c1Cl)C=C(C(=O)OC(C)Cl)C(C(F)(F)F)O2. The van der Waals surface area contributed by atoms with Crippen molar-refractivity contribution in [3.63, 3.8) is 0 Å². The fourth-order valence-corrected chi connectivity index (χ4v) is 2.50. The molecule has 1 heterocycles. The number of halogens is 5. The smallest absolute Gasteiger partial charge is 0.430 e. The third-order valence-electron chi connectivity index (χ3n) is 3.32. The van der Waals surface area contributed by atoms with E-state index in [0.717, 1.165) is 6.08 Å². The van der Waals surface area contributed by atoms with Crippen molar-refractivity contribution >= 4 is 35.2 Å². The zero-order valence-corrected chi connectivity index (χ0v) is 13.9. The normalized spacial score (nSPS) is 18.6. The Labute approximate surface area is 141 Å². The number of carbonyl (C=O) groups excluding carboxylic acids is 1. The Balaban J connectivity index is 2.59. The molecule has 0 amide bonds. The van der Waals surface area contributed by atoms with Gasteiger partial charge in [0.15, 0.2) is 5.56 Å². The fourth-order valence-electron chi connectivity index (χ4n) is 2.26. The Morgan fingerprint density at radius 3 is 2.52 bits per heavy atom. The second-order valence-corrected chi connectivity index (χ2v) is 6.12. The summed E-state index contributed by atoms with van der Waals surface area (Å²) in [4.78, 5) is 12.0. The molecule has 0 radical (unpaired) electrons. The third kappa shape index (κ3) is 3.58. The molecular weight excluding hydrogens is 356 g/mol. The second kappa shape index (κ2) is 6.24. The van der Waals surface area contributed by atoms with E-state index in [9.17, 15) is 18.0 Å². The Kier molecular flexibility index (Phi) is 4.87. The van der Waals surface area contributed by atoms with Gasteiger partial charge in [-0.2, -0.15) is 13.2 Å². The minimum absolute atomic E-state index is 0.0159.